The summed E-state index contributed by atoms with van der Waals surface area (Å²) in [5.41, 5.74) is 3.51. The number of amides is 2. The van der Waals surface area contributed by atoms with Gasteiger partial charge in [0.05, 0.1) is 11.4 Å². The summed E-state index contributed by atoms with van der Waals surface area (Å²) in [7, 11) is 0. The summed E-state index contributed by atoms with van der Waals surface area (Å²) in [6.45, 7) is 0.410. The van der Waals surface area contributed by atoms with Gasteiger partial charge in [0, 0.05) is 29.6 Å². The quantitative estimate of drug-likeness (QED) is 0.465. The summed E-state index contributed by atoms with van der Waals surface area (Å²) in [6.07, 6.45) is 6.13. The topological polar surface area (TPSA) is 96.2 Å². The molecule has 1 heterocycles. The lowest BCUT2D eigenvalue weighted by Gasteiger charge is -2.12. The maximum Gasteiger partial charge on any atom is 0.342 e. The molecule has 0 radical (unpaired) electrons. The molecule has 2 amide bonds. The fourth-order valence-corrected chi connectivity index (χ4v) is 4.46. The first-order valence-corrected chi connectivity index (χ1v) is 11.6. The minimum atomic E-state index is -0.287. The van der Waals surface area contributed by atoms with Crippen molar-refractivity contribution < 1.29 is 14.7 Å². The number of benzene rings is 2. The van der Waals surface area contributed by atoms with E-state index in [-0.39, 0.29) is 29.5 Å². The Morgan fingerprint density at radius 2 is 1.76 bits per heavy atom. The predicted octanol–water partition coefficient (Wildman–Crippen LogP) is 5.02. The smallest absolute Gasteiger partial charge is 0.342 e. The monoisotopic (exact) mass is 444 g/mol. The zero-order chi connectivity index (χ0) is 22.8. The van der Waals surface area contributed by atoms with Crippen molar-refractivity contribution in [2.45, 2.75) is 51.0 Å². The van der Waals surface area contributed by atoms with Crippen molar-refractivity contribution >= 4 is 17.6 Å². The Labute approximate surface area is 192 Å². The van der Waals surface area contributed by atoms with Gasteiger partial charge in [-0.05, 0) is 55.5 Å². The molecule has 2 saturated carbocycles. The zero-order valence-electron chi connectivity index (χ0n) is 18.5. The minimum Gasteiger partial charge on any atom is -0.507 e. The molecule has 3 N–H and O–H groups in total. The number of nitrogens with zero attached hydrogens (tertiary/aromatic N) is 2. The van der Waals surface area contributed by atoms with Crippen molar-refractivity contribution in [3.63, 3.8) is 0 Å². The minimum absolute atomic E-state index is 0.00380. The summed E-state index contributed by atoms with van der Waals surface area (Å²) in [4.78, 5) is 25.3. The van der Waals surface area contributed by atoms with E-state index in [0.717, 1.165) is 49.8 Å². The van der Waals surface area contributed by atoms with Crippen LogP contribution in [0, 0.1) is 5.92 Å². The SMILES string of the molecule is O=C(Nc1ccc(O)c(-c2cc(C3CCCC3)n(C(=O)NCc3ccccc3)n2)c1)C1CC1. The number of aromatic nitrogens is 2. The van der Waals surface area contributed by atoms with Gasteiger partial charge in [-0.3, -0.25) is 4.79 Å². The molecule has 3 aromatic rings. The fraction of sp³-hybridized carbons (Fsp3) is 0.346. The highest BCUT2D eigenvalue weighted by Crippen LogP contribution is 2.38. The van der Waals surface area contributed by atoms with Gasteiger partial charge in [-0.25, -0.2) is 4.79 Å². The maximum atomic E-state index is 13.1. The highest BCUT2D eigenvalue weighted by molar-refractivity contribution is 5.95. The van der Waals surface area contributed by atoms with Crippen LogP contribution in [0.4, 0.5) is 10.5 Å². The average molecular weight is 445 g/mol. The molecule has 0 atom stereocenters. The van der Waals surface area contributed by atoms with E-state index in [9.17, 15) is 14.7 Å². The molecule has 0 bridgehead atoms. The molecule has 170 valence electrons. The van der Waals surface area contributed by atoms with Gasteiger partial charge in [-0.1, -0.05) is 43.2 Å². The molecule has 0 spiro atoms. The van der Waals surface area contributed by atoms with Gasteiger partial charge >= 0.3 is 6.03 Å². The molecule has 33 heavy (non-hydrogen) atoms. The fourth-order valence-electron chi connectivity index (χ4n) is 4.46. The molecule has 7 nitrogen and oxygen atoms in total. The Morgan fingerprint density at radius 1 is 1.00 bits per heavy atom. The summed E-state index contributed by atoms with van der Waals surface area (Å²) in [6, 6.07) is 16.3. The zero-order valence-corrected chi connectivity index (χ0v) is 18.5. The Bertz CT molecular complexity index is 1160. The molecule has 0 unspecified atom stereocenters. The number of hydrogen-bond acceptors (Lipinski definition) is 4. The molecule has 1 aromatic heterocycles. The lowest BCUT2D eigenvalue weighted by Crippen LogP contribution is -2.30. The highest BCUT2D eigenvalue weighted by Gasteiger charge is 2.30. The van der Waals surface area contributed by atoms with Gasteiger partial charge in [0.25, 0.3) is 0 Å². The van der Waals surface area contributed by atoms with E-state index in [0.29, 0.717) is 23.5 Å². The van der Waals surface area contributed by atoms with Crippen molar-refractivity contribution in [1.82, 2.24) is 15.1 Å². The number of phenols is 1. The van der Waals surface area contributed by atoms with Crippen molar-refractivity contribution in [3.8, 4) is 17.0 Å². The Morgan fingerprint density at radius 3 is 2.48 bits per heavy atom. The second kappa shape index (κ2) is 9.10. The van der Waals surface area contributed by atoms with E-state index in [1.54, 1.807) is 18.2 Å². The number of aromatic hydroxyl groups is 1. The van der Waals surface area contributed by atoms with Crippen LogP contribution in [0.1, 0.15) is 55.7 Å². The standard InChI is InChI=1S/C26H28N4O3/c31-24-13-12-20(28-25(32)19-10-11-19)14-21(24)22-15-23(18-8-4-5-9-18)30(29-22)26(33)27-16-17-6-2-1-3-7-17/h1-3,6-7,12-15,18-19,31H,4-5,8-11,16H2,(H,27,33)(H,28,32). The first-order chi connectivity index (χ1) is 16.1. The van der Waals surface area contributed by atoms with Crippen LogP contribution in [-0.4, -0.2) is 26.8 Å². The van der Waals surface area contributed by atoms with E-state index in [4.69, 9.17) is 0 Å². The molecule has 2 aliphatic rings. The normalized spacial score (nSPS) is 16.0. The molecule has 5 rings (SSSR count). The molecular formula is C26H28N4O3. The summed E-state index contributed by atoms with van der Waals surface area (Å²) in [5.74, 6) is 0.410. The van der Waals surface area contributed by atoms with Crippen LogP contribution in [0.5, 0.6) is 5.75 Å². The Kier molecular flexibility index (Phi) is 5.86. The number of nitrogens with one attached hydrogen (secondary N) is 2. The third-order valence-corrected chi connectivity index (χ3v) is 6.48. The molecule has 2 fully saturated rings. The van der Waals surface area contributed by atoms with E-state index < -0.39 is 0 Å². The third kappa shape index (κ3) is 4.77. The molecule has 0 saturated heterocycles. The number of hydrogen-bond donors (Lipinski definition) is 3. The van der Waals surface area contributed by atoms with Gasteiger partial charge in [0.1, 0.15) is 5.75 Å². The Balaban J connectivity index is 1.43. The molecule has 2 aliphatic carbocycles. The second-order valence-electron chi connectivity index (χ2n) is 8.99. The van der Waals surface area contributed by atoms with Gasteiger partial charge in [-0.15, -0.1) is 0 Å². The summed E-state index contributed by atoms with van der Waals surface area (Å²) >= 11 is 0. The Hall–Kier alpha value is -3.61. The number of phenolic OH excluding ortho intramolecular Hbond substituents is 1. The van der Waals surface area contributed by atoms with Crippen molar-refractivity contribution in [1.29, 1.82) is 0 Å². The van der Waals surface area contributed by atoms with Crippen molar-refractivity contribution in [2.75, 3.05) is 5.32 Å². The average Bonchev–Trinajstić information content (AvgIpc) is 3.36. The van der Waals surface area contributed by atoms with Gasteiger partial charge in [-0.2, -0.15) is 9.78 Å². The van der Waals surface area contributed by atoms with Crippen LogP contribution in [0.25, 0.3) is 11.3 Å². The molecule has 2 aromatic carbocycles. The second-order valence-corrected chi connectivity index (χ2v) is 8.99. The molecule has 7 heteroatoms. The van der Waals surface area contributed by atoms with Crippen molar-refractivity contribution in [2.24, 2.45) is 5.92 Å². The van der Waals surface area contributed by atoms with E-state index >= 15 is 0 Å². The largest absolute Gasteiger partial charge is 0.507 e. The maximum absolute atomic E-state index is 13.1. The molecule has 0 aliphatic heterocycles. The lowest BCUT2D eigenvalue weighted by molar-refractivity contribution is -0.117. The molecular weight excluding hydrogens is 416 g/mol. The first kappa shape index (κ1) is 21.2. The van der Waals surface area contributed by atoms with Crippen LogP contribution >= 0.6 is 0 Å². The van der Waals surface area contributed by atoms with E-state index in [2.05, 4.69) is 15.7 Å². The number of carbonyl (C=O) groups excluding carboxylic acids is 2. The van der Waals surface area contributed by atoms with Crippen LogP contribution in [0.3, 0.4) is 0 Å². The van der Waals surface area contributed by atoms with Crippen LogP contribution < -0.4 is 10.6 Å². The number of carbonyl (C=O) groups is 2. The van der Waals surface area contributed by atoms with Crippen molar-refractivity contribution in [3.05, 3.63) is 65.9 Å². The third-order valence-electron chi connectivity index (χ3n) is 6.48. The number of anilines is 1. The van der Waals surface area contributed by atoms with Crippen LogP contribution in [0.2, 0.25) is 0 Å². The predicted molar refractivity (Wildman–Crippen MR) is 126 cm³/mol. The first-order valence-electron chi connectivity index (χ1n) is 11.6. The number of rotatable bonds is 6. The van der Waals surface area contributed by atoms with Gasteiger partial charge in [0.15, 0.2) is 0 Å². The van der Waals surface area contributed by atoms with E-state index in [1.165, 1.54) is 4.68 Å². The lowest BCUT2D eigenvalue weighted by atomic mass is 10.0. The van der Waals surface area contributed by atoms with Gasteiger partial charge < -0.3 is 15.7 Å². The summed E-state index contributed by atoms with van der Waals surface area (Å²) in [5, 5.41) is 21.0. The van der Waals surface area contributed by atoms with Gasteiger partial charge in [0.2, 0.25) is 5.91 Å². The summed E-state index contributed by atoms with van der Waals surface area (Å²) < 4.78 is 1.45. The van der Waals surface area contributed by atoms with E-state index in [1.807, 2.05) is 36.4 Å². The van der Waals surface area contributed by atoms with Crippen LogP contribution in [-0.2, 0) is 11.3 Å². The van der Waals surface area contributed by atoms with Crippen LogP contribution in [0.15, 0.2) is 54.6 Å². The highest BCUT2D eigenvalue weighted by atomic mass is 16.3.